The van der Waals surface area contributed by atoms with Crippen LogP contribution in [0, 0.1) is 0 Å². The normalized spacial score (nSPS) is 12.0. The Hall–Kier alpha value is -2.81. The topological polar surface area (TPSA) is 31.2 Å². The summed E-state index contributed by atoms with van der Waals surface area (Å²) >= 11 is 0. The Bertz CT molecular complexity index is 833. The molecule has 3 rings (SSSR count). The lowest BCUT2D eigenvalue weighted by Crippen LogP contribution is -2.16. The van der Waals surface area contributed by atoms with Gasteiger partial charge in [-0.25, -0.2) is 4.79 Å². The van der Waals surface area contributed by atoms with E-state index in [1.807, 2.05) is 78.2 Å². The number of fused-ring (bicyclic) bond motifs is 1. The molecule has 0 aliphatic carbocycles. The highest BCUT2D eigenvalue weighted by atomic mass is 16.5. The second-order valence-electron chi connectivity index (χ2n) is 5.27. The molecule has 23 heavy (non-hydrogen) atoms. The number of rotatable bonds is 5. The zero-order valence-corrected chi connectivity index (χ0v) is 13.1. The molecule has 0 bridgehead atoms. The van der Waals surface area contributed by atoms with E-state index in [4.69, 9.17) is 4.74 Å². The van der Waals surface area contributed by atoms with E-state index < -0.39 is 0 Å². The highest BCUT2D eigenvalue weighted by Gasteiger charge is 2.21. The Balaban J connectivity index is 2.23. The molecule has 3 nitrogen and oxygen atoms in total. The van der Waals surface area contributed by atoms with Gasteiger partial charge in [0.15, 0.2) is 0 Å². The van der Waals surface area contributed by atoms with Crippen molar-refractivity contribution in [2.45, 2.75) is 13.0 Å². The maximum atomic E-state index is 12.4. The van der Waals surface area contributed by atoms with E-state index in [9.17, 15) is 4.79 Å². The van der Waals surface area contributed by atoms with Crippen molar-refractivity contribution in [3.05, 3.63) is 84.6 Å². The fourth-order valence-electron chi connectivity index (χ4n) is 2.88. The van der Waals surface area contributed by atoms with Gasteiger partial charge < -0.3 is 9.30 Å². The number of carbonyl (C=O) groups is 1. The van der Waals surface area contributed by atoms with Gasteiger partial charge >= 0.3 is 5.97 Å². The first-order chi connectivity index (χ1) is 11.3. The molecule has 0 unspecified atom stereocenters. The van der Waals surface area contributed by atoms with Gasteiger partial charge in [0, 0.05) is 10.9 Å². The van der Waals surface area contributed by atoms with Crippen LogP contribution in [0.2, 0.25) is 0 Å². The van der Waals surface area contributed by atoms with E-state index in [0.29, 0.717) is 12.3 Å². The number of ether oxygens (including phenoxy) is 1. The lowest BCUT2D eigenvalue weighted by atomic mass is 10.1. The molecule has 0 aliphatic rings. The maximum Gasteiger partial charge on any atom is 0.355 e. The number of hydrogen-bond acceptors (Lipinski definition) is 2. The third-order valence-corrected chi connectivity index (χ3v) is 3.88. The fourth-order valence-corrected chi connectivity index (χ4v) is 2.88. The van der Waals surface area contributed by atoms with Crippen LogP contribution in [0.25, 0.3) is 10.9 Å². The number of hydrogen-bond donors (Lipinski definition) is 0. The minimum absolute atomic E-state index is 0.129. The zero-order valence-electron chi connectivity index (χ0n) is 13.1. The van der Waals surface area contributed by atoms with Gasteiger partial charge in [0.1, 0.15) is 5.69 Å². The predicted octanol–water partition coefficient (Wildman–Crippen LogP) is 4.59. The summed E-state index contributed by atoms with van der Waals surface area (Å²) in [7, 11) is 0. The molecular formula is C20H19NO2. The molecule has 0 saturated heterocycles. The van der Waals surface area contributed by atoms with Gasteiger partial charge in [-0.2, -0.15) is 0 Å². The molecular weight excluding hydrogens is 286 g/mol. The van der Waals surface area contributed by atoms with Crippen LogP contribution in [0.3, 0.4) is 0 Å². The van der Waals surface area contributed by atoms with E-state index >= 15 is 0 Å². The standard InChI is InChI=1S/C20H19NO2/c1-3-17(15-10-6-5-7-11-15)21-18-13-9-8-12-16(18)14-19(21)20(22)23-4-2/h3,5-14,17H,1,4H2,2H3/t17-/m1/s1. The first-order valence-corrected chi connectivity index (χ1v) is 7.71. The molecule has 0 radical (unpaired) electrons. The van der Waals surface area contributed by atoms with E-state index in [2.05, 4.69) is 6.58 Å². The number of carbonyl (C=O) groups excluding carboxylic acids is 1. The minimum Gasteiger partial charge on any atom is -0.461 e. The molecule has 116 valence electrons. The summed E-state index contributed by atoms with van der Waals surface area (Å²) < 4.78 is 7.23. The quantitative estimate of drug-likeness (QED) is 0.510. The molecule has 3 heteroatoms. The van der Waals surface area contributed by atoms with Crippen LogP contribution in [0.5, 0.6) is 0 Å². The molecule has 1 aromatic heterocycles. The Labute approximate surface area is 135 Å². The molecule has 1 heterocycles. The highest BCUT2D eigenvalue weighted by molar-refractivity contribution is 5.96. The summed E-state index contributed by atoms with van der Waals surface area (Å²) in [4.78, 5) is 12.4. The van der Waals surface area contributed by atoms with Crippen molar-refractivity contribution < 1.29 is 9.53 Å². The van der Waals surface area contributed by atoms with Gasteiger partial charge in [0.25, 0.3) is 0 Å². The third-order valence-electron chi connectivity index (χ3n) is 3.88. The molecule has 0 amide bonds. The van der Waals surface area contributed by atoms with Crippen molar-refractivity contribution in [1.82, 2.24) is 4.57 Å². The van der Waals surface area contributed by atoms with E-state index in [0.717, 1.165) is 16.5 Å². The Kier molecular flexibility index (Phi) is 4.29. The van der Waals surface area contributed by atoms with Crippen molar-refractivity contribution in [2.24, 2.45) is 0 Å². The first kappa shape index (κ1) is 15.1. The van der Waals surface area contributed by atoms with Crippen molar-refractivity contribution in [1.29, 1.82) is 0 Å². The highest BCUT2D eigenvalue weighted by Crippen LogP contribution is 2.29. The number of esters is 1. The van der Waals surface area contributed by atoms with Gasteiger partial charge in [-0.3, -0.25) is 0 Å². The predicted molar refractivity (Wildman–Crippen MR) is 92.7 cm³/mol. The number of allylic oxidation sites excluding steroid dienone is 1. The van der Waals surface area contributed by atoms with E-state index in [1.165, 1.54) is 0 Å². The van der Waals surface area contributed by atoms with E-state index in [1.54, 1.807) is 0 Å². The van der Waals surface area contributed by atoms with Crippen LogP contribution in [0.1, 0.15) is 29.0 Å². The van der Waals surface area contributed by atoms with Crippen molar-refractivity contribution in [2.75, 3.05) is 6.61 Å². The average Bonchev–Trinajstić information content (AvgIpc) is 2.97. The molecule has 0 spiro atoms. The van der Waals surface area contributed by atoms with Crippen LogP contribution in [0.4, 0.5) is 0 Å². The molecule has 0 fully saturated rings. The fraction of sp³-hybridized carbons (Fsp3) is 0.150. The van der Waals surface area contributed by atoms with Crippen LogP contribution in [-0.2, 0) is 4.74 Å². The summed E-state index contributed by atoms with van der Waals surface area (Å²) in [5.74, 6) is -0.313. The van der Waals surface area contributed by atoms with Crippen molar-refractivity contribution in [3.8, 4) is 0 Å². The number of benzene rings is 2. The van der Waals surface area contributed by atoms with Gasteiger partial charge in [-0.05, 0) is 24.6 Å². The van der Waals surface area contributed by atoms with E-state index in [-0.39, 0.29) is 12.0 Å². The zero-order chi connectivity index (χ0) is 16.2. The first-order valence-electron chi connectivity index (χ1n) is 7.71. The molecule has 0 aliphatic heterocycles. The average molecular weight is 305 g/mol. The number of para-hydroxylation sites is 1. The summed E-state index contributed by atoms with van der Waals surface area (Å²) in [6.07, 6.45) is 1.85. The monoisotopic (exact) mass is 305 g/mol. The third kappa shape index (κ3) is 2.78. The summed E-state index contributed by atoms with van der Waals surface area (Å²) in [6.45, 7) is 6.14. The van der Waals surface area contributed by atoms with Gasteiger partial charge in [0.2, 0.25) is 0 Å². The van der Waals surface area contributed by atoms with Crippen LogP contribution < -0.4 is 0 Å². The molecule has 3 aromatic rings. The smallest absolute Gasteiger partial charge is 0.355 e. The van der Waals surface area contributed by atoms with Crippen molar-refractivity contribution in [3.63, 3.8) is 0 Å². The lowest BCUT2D eigenvalue weighted by molar-refractivity contribution is 0.0514. The molecule has 0 N–H and O–H groups in total. The summed E-state index contributed by atoms with van der Waals surface area (Å²) in [5, 5.41) is 1.01. The van der Waals surface area contributed by atoms with Crippen LogP contribution in [-0.4, -0.2) is 17.1 Å². The van der Waals surface area contributed by atoms with Crippen LogP contribution in [0.15, 0.2) is 73.3 Å². The molecule has 2 aromatic carbocycles. The second-order valence-corrected chi connectivity index (χ2v) is 5.27. The maximum absolute atomic E-state index is 12.4. The molecule has 1 atom stereocenters. The Morgan fingerprint density at radius 1 is 1.17 bits per heavy atom. The molecule has 0 saturated carbocycles. The minimum atomic E-state index is -0.313. The van der Waals surface area contributed by atoms with Crippen LogP contribution >= 0.6 is 0 Å². The number of aromatic nitrogens is 1. The van der Waals surface area contributed by atoms with Gasteiger partial charge in [0.05, 0.1) is 12.6 Å². The van der Waals surface area contributed by atoms with Gasteiger partial charge in [-0.15, -0.1) is 6.58 Å². The summed E-state index contributed by atoms with van der Waals surface area (Å²) in [6, 6.07) is 19.7. The Morgan fingerprint density at radius 2 is 1.87 bits per heavy atom. The number of nitrogens with zero attached hydrogens (tertiary/aromatic N) is 1. The largest absolute Gasteiger partial charge is 0.461 e. The lowest BCUT2D eigenvalue weighted by Gasteiger charge is -2.19. The SMILES string of the molecule is C=C[C@H](c1ccccc1)n1c(C(=O)OCC)cc2ccccc21. The summed E-state index contributed by atoms with van der Waals surface area (Å²) in [5.41, 5.74) is 2.61. The second kappa shape index (κ2) is 6.53. The van der Waals surface area contributed by atoms with Crippen molar-refractivity contribution >= 4 is 16.9 Å². The van der Waals surface area contributed by atoms with Gasteiger partial charge in [-0.1, -0.05) is 54.6 Å². The Morgan fingerprint density at radius 3 is 2.57 bits per heavy atom.